The fraction of sp³-hybridized carbons (Fsp3) is 0.562. The third kappa shape index (κ3) is 5.27. The van der Waals surface area contributed by atoms with Gasteiger partial charge in [0.1, 0.15) is 5.75 Å². The molecule has 21 heavy (non-hydrogen) atoms. The predicted molar refractivity (Wildman–Crippen MR) is 84.2 cm³/mol. The highest BCUT2D eigenvalue weighted by atomic mass is 16.5. The lowest BCUT2D eigenvalue weighted by Crippen LogP contribution is -2.37. The van der Waals surface area contributed by atoms with Crippen LogP contribution >= 0.6 is 0 Å². The minimum absolute atomic E-state index is 0.0448. The number of likely N-dealkylation sites (tertiary alicyclic amines) is 1. The van der Waals surface area contributed by atoms with Gasteiger partial charge in [0.05, 0.1) is 18.7 Å². The van der Waals surface area contributed by atoms with E-state index in [1.807, 2.05) is 18.2 Å². The molecule has 0 aromatic heterocycles. The quantitative estimate of drug-likeness (QED) is 0.779. The van der Waals surface area contributed by atoms with E-state index in [-0.39, 0.29) is 5.91 Å². The molecule has 0 aliphatic carbocycles. The molecule has 3 N–H and O–H groups in total. The van der Waals surface area contributed by atoms with Crippen LogP contribution in [0.4, 0.5) is 5.69 Å². The number of amides is 1. The minimum atomic E-state index is 0.0448. The summed E-state index contributed by atoms with van der Waals surface area (Å²) in [6.07, 6.45) is 2.68. The Morgan fingerprint density at radius 2 is 2.10 bits per heavy atom. The summed E-state index contributed by atoms with van der Waals surface area (Å²) < 4.78 is 5.52. The molecular weight excluding hydrogens is 266 g/mol. The average Bonchev–Trinajstić information content (AvgIpc) is 2.49. The maximum absolute atomic E-state index is 11.8. The van der Waals surface area contributed by atoms with Crippen LogP contribution in [0.2, 0.25) is 0 Å². The summed E-state index contributed by atoms with van der Waals surface area (Å²) in [5.41, 5.74) is 6.38. The second kappa shape index (κ2) is 7.88. The highest BCUT2D eigenvalue weighted by Gasteiger charge is 2.17. The van der Waals surface area contributed by atoms with E-state index in [1.165, 1.54) is 0 Å². The first kappa shape index (κ1) is 15.6. The average molecular weight is 291 g/mol. The number of piperidine rings is 1. The Morgan fingerprint density at radius 1 is 1.38 bits per heavy atom. The highest BCUT2D eigenvalue weighted by molar-refractivity contribution is 5.76. The van der Waals surface area contributed by atoms with Crippen molar-refractivity contribution in [1.82, 2.24) is 10.2 Å². The van der Waals surface area contributed by atoms with Gasteiger partial charge < -0.3 is 20.7 Å². The monoisotopic (exact) mass is 291 g/mol. The number of para-hydroxylation sites is 2. The molecule has 1 fully saturated rings. The van der Waals surface area contributed by atoms with Crippen LogP contribution in [0.5, 0.6) is 5.75 Å². The van der Waals surface area contributed by atoms with Gasteiger partial charge in [0, 0.05) is 6.54 Å². The molecule has 0 saturated carbocycles. The standard InChI is InChI=1S/C16H25N3O2/c1-19-9-6-13(7-10-19)12-18-16(20)8-11-21-15-5-3-2-4-14(15)17/h2-5,13H,6-12,17H2,1H3,(H,18,20). The molecule has 0 radical (unpaired) electrons. The third-order valence-corrected chi connectivity index (χ3v) is 3.93. The number of benzene rings is 1. The first-order valence-corrected chi connectivity index (χ1v) is 7.57. The Morgan fingerprint density at radius 3 is 2.81 bits per heavy atom. The van der Waals surface area contributed by atoms with Gasteiger partial charge in [0.15, 0.2) is 0 Å². The van der Waals surface area contributed by atoms with E-state index >= 15 is 0 Å². The first-order valence-electron chi connectivity index (χ1n) is 7.57. The number of nitrogen functional groups attached to an aromatic ring is 1. The molecule has 0 atom stereocenters. The Balaban J connectivity index is 1.61. The lowest BCUT2D eigenvalue weighted by Gasteiger charge is -2.28. The van der Waals surface area contributed by atoms with E-state index in [2.05, 4.69) is 17.3 Å². The Bertz CT molecular complexity index is 457. The fourth-order valence-electron chi connectivity index (χ4n) is 2.48. The summed E-state index contributed by atoms with van der Waals surface area (Å²) in [7, 11) is 2.14. The van der Waals surface area contributed by atoms with E-state index in [0.717, 1.165) is 32.5 Å². The smallest absolute Gasteiger partial charge is 0.223 e. The summed E-state index contributed by atoms with van der Waals surface area (Å²) in [6, 6.07) is 7.32. The van der Waals surface area contributed by atoms with Crippen molar-refractivity contribution in [1.29, 1.82) is 0 Å². The third-order valence-electron chi connectivity index (χ3n) is 3.93. The Hall–Kier alpha value is -1.75. The first-order chi connectivity index (χ1) is 10.1. The zero-order valence-electron chi connectivity index (χ0n) is 12.7. The largest absolute Gasteiger partial charge is 0.491 e. The SMILES string of the molecule is CN1CCC(CNC(=O)CCOc2ccccc2N)CC1. The lowest BCUT2D eigenvalue weighted by molar-refractivity contribution is -0.121. The van der Waals surface area contributed by atoms with Crippen molar-refractivity contribution < 1.29 is 9.53 Å². The normalized spacial score (nSPS) is 16.6. The molecule has 1 aliphatic rings. The summed E-state index contributed by atoms with van der Waals surface area (Å²) in [4.78, 5) is 14.1. The number of hydrogen-bond donors (Lipinski definition) is 2. The fourth-order valence-corrected chi connectivity index (χ4v) is 2.48. The molecule has 1 heterocycles. The molecule has 0 bridgehead atoms. The molecule has 1 aliphatic heterocycles. The molecule has 0 spiro atoms. The van der Waals surface area contributed by atoms with Gasteiger partial charge >= 0.3 is 0 Å². The van der Waals surface area contributed by atoms with E-state index in [4.69, 9.17) is 10.5 Å². The van der Waals surface area contributed by atoms with E-state index < -0.39 is 0 Å². The summed E-state index contributed by atoms with van der Waals surface area (Å²) in [5.74, 6) is 1.29. The van der Waals surface area contributed by atoms with Gasteiger partial charge in [-0.1, -0.05) is 12.1 Å². The second-order valence-corrected chi connectivity index (χ2v) is 5.69. The lowest BCUT2D eigenvalue weighted by atomic mass is 9.97. The summed E-state index contributed by atoms with van der Waals surface area (Å²) in [5, 5.41) is 3.00. The summed E-state index contributed by atoms with van der Waals surface area (Å²) in [6.45, 7) is 3.38. The van der Waals surface area contributed by atoms with Gasteiger partial charge in [-0.15, -0.1) is 0 Å². The number of carbonyl (C=O) groups excluding carboxylic acids is 1. The summed E-state index contributed by atoms with van der Waals surface area (Å²) >= 11 is 0. The number of nitrogens with zero attached hydrogens (tertiary/aromatic N) is 1. The van der Waals surface area contributed by atoms with Crippen LogP contribution in [0, 0.1) is 5.92 Å². The van der Waals surface area contributed by atoms with Crippen molar-refractivity contribution in [3.63, 3.8) is 0 Å². The minimum Gasteiger partial charge on any atom is -0.491 e. The zero-order chi connectivity index (χ0) is 15.1. The number of anilines is 1. The molecule has 2 rings (SSSR count). The van der Waals surface area contributed by atoms with Gasteiger partial charge in [0.25, 0.3) is 0 Å². The van der Waals surface area contributed by atoms with Crippen molar-refractivity contribution >= 4 is 11.6 Å². The molecule has 1 saturated heterocycles. The van der Waals surface area contributed by atoms with Crippen LogP contribution in [0.15, 0.2) is 24.3 Å². The molecule has 116 valence electrons. The van der Waals surface area contributed by atoms with Gasteiger partial charge in [-0.05, 0) is 51.0 Å². The molecule has 5 heteroatoms. The number of nitrogens with two attached hydrogens (primary N) is 1. The maximum Gasteiger partial charge on any atom is 0.223 e. The predicted octanol–water partition coefficient (Wildman–Crippen LogP) is 1.50. The Labute approximate surface area is 126 Å². The molecule has 1 aromatic rings. The second-order valence-electron chi connectivity index (χ2n) is 5.69. The van der Waals surface area contributed by atoms with Crippen molar-refractivity contribution in [3.05, 3.63) is 24.3 Å². The van der Waals surface area contributed by atoms with E-state index in [9.17, 15) is 4.79 Å². The van der Waals surface area contributed by atoms with Gasteiger partial charge in [-0.25, -0.2) is 0 Å². The number of ether oxygens (including phenoxy) is 1. The van der Waals surface area contributed by atoms with Crippen LogP contribution in [0.1, 0.15) is 19.3 Å². The van der Waals surface area contributed by atoms with E-state index in [1.54, 1.807) is 6.07 Å². The van der Waals surface area contributed by atoms with Crippen molar-refractivity contribution in [2.24, 2.45) is 5.92 Å². The zero-order valence-corrected chi connectivity index (χ0v) is 12.7. The van der Waals surface area contributed by atoms with Crippen LogP contribution in [-0.4, -0.2) is 44.1 Å². The van der Waals surface area contributed by atoms with E-state index in [0.29, 0.717) is 30.4 Å². The molecule has 1 amide bonds. The van der Waals surface area contributed by atoms with Crippen LogP contribution < -0.4 is 15.8 Å². The number of hydrogen-bond acceptors (Lipinski definition) is 4. The molecular formula is C16H25N3O2. The van der Waals surface area contributed by atoms with Crippen LogP contribution in [0.25, 0.3) is 0 Å². The topological polar surface area (TPSA) is 67.6 Å². The molecule has 1 aromatic carbocycles. The highest BCUT2D eigenvalue weighted by Crippen LogP contribution is 2.19. The molecule has 5 nitrogen and oxygen atoms in total. The number of rotatable bonds is 6. The number of carbonyl (C=O) groups is 1. The van der Waals surface area contributed by atoms with Crippen LogP contribution in [-0.2, 0) is 4.79 Å². The van der Waals surface area contributed by atoms with Crippen molar-refractivity contribution in [3.8, 4) is 5.75 Å². The maximum atomic E-state index is 11.8. The molecule has 0 unspecified atom stereocenters. The van der Waals surface area contributed by atoms with Gasteiger partial charge in [0.2, 0.25) is 5.91 Å². The van der Waals surface area contributed by atoms with Gasteiger partial charge in [-0.2, -0.15) is 0 Å². The van der Waals surface area contributed by atoms with Crippen molar-refractivity contribution in [2.75, 3.05) is 39.0 Å². The number of nitrogens with one attached hydrogen (secondary N) is 1. The van der Waals surface area contributed by atoms with Gasteiger partial charge in [-0.3, -0.25) is 4.79 Å². The van der Waals surface area contributed by atoms with Crippen molar-refractivity contribution in [2.45, 2.75) is 19.3 Å². The Kier molecular flexibility index (Phi) is 5.87. The van der Waals surface area contributed by atoms with Crippen LogP contribution in [0.3, 0.4) is 0 Å².